The minimum absolute atomic E-state index is 0.160. The van der Waals surface area contributed by atoms with Crippen LogP contribution in [0.4, 0.5) is 9.59 Å². The highest BCUT2D eigenvalue weighted by Crippen LogP contribution is 2.11. The van der Waals surface area contributed by atoms with Crippen molar-refractivity contribution in [1.29, 1.82) is 0 Å². The predicted octanol–water partition coefficient (Wildman–Crippen LogP) is 0.921. The molecular weight excluding hydrogens is 336 g/mol. The van der Waals surface area contributed by atoms with Crippen LogP contribution < -0.4 is 15.4 Å². The highest BCUT2D eigenvalue weighted by atomic mass is 16.5. The number of carbonyl (C=O) groups excluding carboxylic acids is 2. The molecule has 26 heavy (non-hydrogen) atoms. The summed E-state index contributed by atoms with van der Waals surface area (Å²) >= 11 is 0. The number of benzene rings is 1. The van der Waals surface area contributed by atoms with Crippen LogP contribution in [0.1, 0.15) is 5.56 Å². The van der Waals surface area contributed by atoms with Crippen molar-refractivity contribution >= 4 is 12.1 Å². The van der Waals surface area contributed by atoms with E-state index in [1.807, 2.05) is 24.3 Å². The third kappa shape index (κ3) is 6.44. The first-order valence-corrected chi connectivity index (χ1v) is 8.82. The molecule has 1 heterocycles. The van der Waals surface area contributed by atoms with Crippen molar-refractivity contribution in [1.82, 2.24) is 20.4 Å². The van der Waals surface area contributed by atoms with Gasteiger partial charge in [0.25, 0.3) is 0 Å². The summed E-state index contributed by atoms with van der Waals surface area (Å²) in [6.45, 7) is 4.80. The number of hydrogen-bond acceptors (Lipinski definition) is 5. The van der Waals surface area contributed by atoms with E-state index >= 15 is 0 Å². The van der Waals surface area contributed by atoms with Crippen LogP contribution in [-0.4, -0.2) is 82.0 Å². The molecule has 144 valence electrons. The quantitative estimate of drug-likeness (QED) is 0.752. The molecule has 0 radical (unpaired) electrons. The molecule has 0 aliphatic carbocycles. The summed E-state index contributed by atoms with van der Waals surface area (Å²) < 4.78 is 9.84. The number of methoxy groups -OCH3 is 2. The second kappa shape index (κ2) is 10.5. The van der Waals surface area contributed by atoms with E-state index in [4.69, 9.17) is 9.47 Å². The highest BCUT2D eigenvalue weighted by molar-refractivity contribution is 5.73. The van der Waals surface area contributed by atoms with Gasteiger partial charge in [-0.3, -0.25) is 4.90 Å². The Kier molecular flexibility index (Phi) is 8.01. The maximum absolute atomic E-state index is 11.8. The van der Waals surface area contributed by atoms with E-state index in [1.54, 1.807) is 12.0 Å². The maximum Gasteiger partial charge on any atom is 0.409 e. The summed E-state index contributed by atoms with van der Waals surface area (Å²) in [5, 5.41) is 5.72. The molecule has 1 saturated heterocycles. The van der Waals surface area contributed by atoms with Crippen molar-refractivity contribution in [3.05, 3.63) is 29.8 Å². The van der Waals surface area contributed by atoms with Gasteiger partial charge in [0.05, 0.1) is 14.2 Å². The molecule has 8 heteroatoms. The first-order valence-electron chi connectivity index (χ1n) is 8.82. The second-order valence-corrected chi connectivity index (χ2v) is 6.08. The highest BCUT2D eigenvalue weighted by Gasteiger charge is 2.20. The fourth-order valence-corrected chi connectivity index (χ4v) is 2.79. The van der Waals surface area contributed by atoms with Gasteiger partial charge in [-0.15, -0.1) is 0 Å². The van der Waals surface area contributed by atoms with Gasteiger partial charge >= 0.3 is 12.1 Å². The number of ether oxygens (including phenoxy) is 2. The number of urea groups is 1. The van der Waals surface area contributed by atoms with Gasteiger partial charge < -0.3 is 25.0 Å². The van der Waals surface area contributed by atoms with E-state index in [2.05, 4.69) is 15.5 Å². The first kappa shape index (κ1) is 19.8. The minimum Gasteiger partial charge on any atom is -0.497 e. The summed E-state index contributed by atoms with van der Waals surface area (Å²) in [4.78, 5) is 27.2. The third-order valence-corrected chi connectivity index (χ3v) is 4.38. The van der Waals surface area contributed by atoms with E-state index in [-0.39, 0.29) is 12.1 Å². The van der Waals surface area contributed by atoms with Crippen molar-refractivity contribution in [3.63, 3.8) is 0 Å². The van der Waals surface area contributed by atoms with Crippen LogP contribution in [0, 0.1) is 0 Å². The van der Waals surface area contributed by atoms with Gasteiger partial charge in [-0.05, 0) is 24.1 Å². The lowest BCUT2D eigenvalue weighted by Gasteiger charge is -2.33. The SMILES string of the molecule is COC(=O)N1CCN(CCNC(=O)NCCc2ccc(OC)cc2)CC1. The van der Waals surface area contributed by atoms with Crippen LogP contribution in [0.2, 0.25) is 0 Å². The molecule has 1 fully saturated rings. The molecule has 0 unspecified atom stereocenters. The molecule has 2 N–H and O–H groups in total. The van der Waals surface area contributed by atoms with Gasteiger partial charge in [0.15, 0.2) is 0 Å². The van der Waals surface area contributed by atoms with Crippen molar-refractivity contribution < 1.29 is 19.1 Å². The Morgan fingerprint density at radius 3 is 2.27 bits per heavy atom. The molecule has 0 saturated carbocycles. The Morgan fingerprint density at radius 1 is 1.00 bits per heavy atom. The predicted molar refractivity (Wildman–Crippen MR) is 98.5 cm³/mol. The van der Waals surface area contributed by atoms with Crippen LogP contribution in [0.5, 0.6) is 5.75 Å². The second-order valence-electron chi connectivity index (χ2n) is 6.08. The molecule has 1 aromatic carbocycles. The Morgan fingerprint density at radius 2 is 1.65 bits per heavy atom. The van der Waals surface area contributed by atoms with Gasteiger partial charge in [0.1, 0.15) is 5.75 Å². The number of amides is 3. The standard InChI is InChI=1S/C18H28N4O4/c1-25-16-5-3-15(4-6-16)7-8-19-17(23)20-9-10-21-11-13-22(14-12-21)18(24)26-2/h3-6H,7-14H2,1-2H3,(H2,19,20,23). The topological polar surface area (TPSA) is 83.1 Å². The van der Waals surface area contributed by atoms with Gasteiger partial charge in [-0.1, -0.05) is 12.1 Å². The molecule has 1 aliphatic rings. The van der Waals surface area contributed by atoms with Gasteiger partial charge in [-0.2, -0.15) is 0 Å². The van der Waals surface area contributed by atoms with Crippen molar-refractivity contribution in [2.75, 3.05) is 60.0 Å². The molecule has 1 aromatic rings. The van der Waals surface area contributed by atoms with Crippen LogP contribution in [0.25, 0.3) is 0 Å². The third-order valence-electron chi connectivity index (χ3n) is 4.38. The van der Waals surface area contributed by atoms with Gasteiger partial charge in [0.2, 0.25) is 0 Å². The summed E-state index contributed by atoms with van der Waals surface area (Å²) in [7, 11) is 3.03. The molecule has 0 bridgehead atoms. The number of nitrogens with one attached hydrogen (secondary N) is 2. The number of piperazine rings is 1. The summed E-state index contributed by atoms with van der Waals surface area (Å²) in [6.07, 6.45) is 0.492. The average Bonchev–Trinajstić information content (AvgIpc) is 2.68. The van der Waals surface area contributed by atoms with Gasteiger partial charge in [0, 0.05) is 45.8 Å². The molecule has 0 aromatic heterocycles. The number of rotatable bonds is 7. The van der Waals surface area contributed by atoms with E-state index in [9.17, 15) is 9.59 Å². The van der Waals surface area contributed by atoms with Crippen LogP contribution in [0.3, 0.4) is 0 Å². The van der Waals surface area contributed by atoms with Crippen LogP contribution in [0.15, 0.2) is 24.3 Å². The zero-order chi connectivity index (χ0) is 18.8. The normalized spacial score (nSPS) is 14.6. The van der Waals surface area contributed by atoms with Crippen molar-refractivity contribution in [2.24, 2.45) is 0 Å². The largest absolute Gasteiger partial charge is 0.497 e. The first-order chi connectivity index (χ1) is 12.6. The molecular formula is C18H28N4O4. The molecule has 0 atom stereocenters. The molecule has 2 rings (SSSR count). The van der Waals surface area contributed by atoms with Gasteiger partial charge in [-0.25, -0.2) is 9.59 Å². The van der Waals surface area contributed by atoms with Crippen LogP contribution >= 0.6 is 0 Å². The molecule has 3 amide bonds. The summed E-state index contributed by atoms with van der Waals surface area (Å²) in [5.74, 6) is 0.826. The smallest absolute Gasteiger partial charge is 0.409 e. The zero-order valence-corrected chi connectivity index (χ0v) is 15.5. The summed E-state index contributed by atoms with van der Waals surface area (Å²) in [5.41, 5.74) is 1.15. The fraction of sp³-hybridized carbons (Fsp3) is 0.556. The van der Waals surface area contributed by atoms with E-state index in [0.29, 0.717) is 26.2 Å². The van der Waals surface area contributed by atoms with Crippen molar-refractivity contribution in [2.45, 2.75) is 6.42 Å². The molecule has 0 spiro atoms. The minimum atomic E-state index is -0.279. The Bertz CT molecular complexity index is 571. The lowest BCUT2D eigenvalue weighted by atomic mass is 10.1. The Balaban J connectivity index is 1.54. The van der Waals surface area contributed by atoms with Crippen LogP contribution in [-0.2, 0) is 11.2 Å². The number of nitrogens with zero attached hydrogens (tertiary/aromatic N) is 2. The molecule has 1 aliphatic heterocycles. The number of hydrogen-bond donors (Lipinski definition) is 2. The monoisotopic (exact) mass is 364 g/mol. The maximum atomic E-state index is 11.8. The van der Waals surface area contributed by atoms with E-state index < -0.39 is 0 Å². The zero-order valence-electron chi connectivity index (χ0n) is 15.5. The van der Waals surface area contributed by atoms with Crippen molar-refractivity contribution in [3.8, 4) is 5.75 Å². The number of carbonyl (C=O) groups is 2. The van der Waals surface area contributed by atoms with E-state index in [0.717, 1.165) is 37.4 Å². The van der Waals surface area contributed by atoms with E-state index in [1.165, 1.54) is 7.11 Å². The lowest BCUT2D eigenvalue weighted by Crippen LogP contribution is -2.50. The fourth-order valence-electron chi connectivity index (χ4n) is 2.79. The Hall–Kier alpha value is -2.48. The Labute approximate surface area is 154 Å². The lowest BCUT2D eigenvalue weighted by molar-refractivity contribution is 0.0915. The molecule has 8 nitrogen and oxygen atoms in total. The average molecular weight is 364 g/mol. The summed E-state index contributed by atoms with van der Waals surface area (Å²) in [6, 6.07) is 7.65.